The summed E-state index contributed by atoms with van der Waals surface area (Å²) >= 11 is 0. The van der Waals surface area contributed by atoms with Crippen LogP contribution in [0.2, 0.25) is 0 Å². The second-order valence-electron chi connectivity index (χ2n) is 5.02. The Morgan fingerprint density at radius 3 is 2.60 bits per heavy atom. The van der Waals surface area contributed by atoms with E-state index in [1.165, 1.54) is 12.1 Å². The van der Waals surface area contributed by atoms with E-state index in [4.69, 9.17) is 5.26 Å². The molecule has 0 amide bonds. The van der Waals surface area contributed by atoms with Gasteiger partial charge in [0.25, 0.3) is 0 Å². The summed E-state index contributed by atoms with van der Waals surface area (Å²) in [6, 6.07) is 6.77. The molecule has 20 heavy (non-hydrogen) atoms. The molecule has 0 heterocycles. The molecule has 0 bridgehead atoms. The van der Waals surface area contributed by atoms with Crippen molar-refractivity contribution in [3.63, 3.8) is 0 Å². The maximum absolute atomic E-state index is 13.5. The molecule has 0 radical (unpaired) electrons. The van der Waals surface area contributed by atoms with Gasteiger partial charge in [-0.25, -0.2) is 4.39 Å². The largest absolute Gasteiger partial charge is 0.383 e. The van der Waals surface area contributed by atoms with E-state index in [1.807, 2.05) is 6.07 Å². The summed E-state index contributed by atoms with van der Waals surface area (Å²) < 4.78 is 13.5. The van der Waals surface area contributed by atoms with Crippen molar-refractivity contribution in [1.29, 1.82) is 5.26 Å². The normalized spacial score (nSPS) is 12.2. The molecule has 4 heteroatoms. The maximum Gasteiger partial charge on any atom is 0.143 e. The molecule has 1 rings (SSSR count). The van der Waals surface area contributed by atoms with Crippen LogP contribution in [0.5, 0.6) is 0 Å². The minimum atomic E-state index is -0.465. The van der Waals surface area contributed by atoms with Gasteiger partial charge in [-0.05, 0) is 57.6 Å². The number of nitriles is 1. The number of benzene rings is 1. The van der Waals surface area contributed by atoms with Crippen LogP contribution in [0.25, 0.3) is 0 Å². The number of rotatable bonds is 8. The zero-order chi connectivity index (χ0) is 15.0. The first kappa shape index (κ1) is 16.5. The summed E-state index contributed by atoms with van der Waals surface area (Å²) in [6.45, 7) is 9.70. The second kappa shape index (κ2) is 8.55. The van der Waals surface area contributed by atoms with Crippen LogP contribution in [0, 0.1) is 17.1 Å². The number of anilines is 1. The van der Waals surface area contributed by atoms with Gasteiger partial charge in [0.15, 0.2) is 0 Å². The zero-order valence-electron chi connectivity index (χ0n) is 12.6. The van der Waals surface area contributed by atoms with Gasteiger partial charge in [0.05, 0.1) is 5.56 Å². The molecule has 0 aliphatic heterocycles. The van der Waals surface area contributed by atoms with E-state index in [0.717, 1.165) is 38.2 Å². The highest BCUT2D eigenvalue weighted by Gasteiger charge is 2.07. The lowest BCUT2D eigenvalue weighted by molar-refractivity contribution is 0.295. The summed E-state index contributed by atoms with van der Waals surface area (Å²) in [7, 11) is 0. The summed E-state index contributed by atoms with van der Waals surface area (Å²) in [4.78, 5) is 2.40. The molecule has 0 saturated heterocycles. The van der Waals surface area contributed by atoms with Crippen molar-refractivity contribution in [2.75, 3.05) is 25.0 Å². The Balaban J connectivity index is 2.41. The Morgan fingerprint density at radius 2 is 2.05 bits per heavy atom. The Labute approximate surface area is 121 Å². The summed E-state index contributed by atoms with van der Waals surface area (Å²) in [5.41, 5.74) is 0.821. The SMILES string of the molecule is CCN(CC)CCCC(C)Nc1ccc(C#N)c(F)c1. The second-order valence-corrected chi connectivity index (χ2v) is 5.02. The third-order valence-electron chi connectivity index (χ3n) is 3.51. The van der Waals surface area contributed by atoms with E-state index >= 15 is 0 Å². The van der Waals surface area contributed by atoms with E-state index in [9.17, 15) is 4.39 Å². The lowest BCUT2D eigenvalue weighted by Gasteiger charge is -2.20. The minimum Gasteiger partial charge on any atom is -0.383 e. The minimum absolute atomic E-state index is 0.0877. The third kappa shape index (κ3) is 5.18. The average molecular weight is 277 g/mol. The first-order valence-corrected chi connectivity index (χ1v) is 7.29. The molecule has 0 aromatic heterocycles. The summed E-state index contributed by atoms with van der Waals surface area (Å²) in [6.07, 6.45) is 2.16. The summed E-state index contributed by atoms with van der Waals surface area (Å²) in [5, 5.41) is 12.0. The smallest absolute Gasteiger partial charge is 0.143 e. The average Bonchev–Trinajstić information content (AvgIpc) is 2.44. The predicted molar refractivity (Wildman–Crippen MR) is 81.2 cm³/mol. The molecule has 0 aliphatic carbocycles. The van der Waals surface area contributed by atoms with Crippen molar-refractivity contribution < 1.29 is 4.39 Å². The van der Waals surface area contributed by atoms with Crippen molar-refractivity contribution in [1.82, 2.24) is 4.90 Å². The first-order valence-electron chi connectivity index (χ1n) is 7.29. The van der Waals surface area contributed by atoms with Crippen LogP contribution in [0.4, 0.5) is 10.1 Å². The van der Waals surface area contributed by atoms with E-state index in [1.54, 1.807) is 6.07 Å². The fourth-order valence-electron chi connectivity index (χ4n) is 2.21. The standard InChI is InChI=1S/C16H24FN3/c1-4-20(5-2)10-6-7-13(3)19-15-9-8-14(12-18)16(17)11-15/h8-9,11,13,19H,4-7,10H2,1-3H3. The van der Waals surface area contributed by atoms with E-state index in [-0.39, 0.29) is 11.6 Å². The lowest BCUT2D eigenvalue weighted by atomic mass is 10.1. The zero-order valence-corrected chi connectivity index (χ0v) is 12.6. The molecule has 1 unspecified atom stereocenters. The highest BCUT2D eigenvalue weighted by Crippen LogP contribution is 2.15. The number of nitrogens with one attached hydrogen (secondary N) is 1. The van der Waals surface area contributed by atoms with Crippen LogP contribution < -0.4 is 5.32 Å². The molecule has 0 spiro atoms. The molecule has 1 aromatic rings. The number of hydrogen-bond acceptors (Lipinski definition) is 3. The Hall–Kier alpha value is -1.60. The molecule has 1 N–H and O–H groups in total. The molecule has 0 aliphatic rings. The van der Waals surface area contributed by atoms with E-state index < -0.39 is 5.82 Å². The molecular formula is C16H24FN3. The van der Waals surface area contributed by atoms with Gasteiger partial charge >= 0.3 is 0 Å². The lowest BCUT2D eigenvalue weighted by Crippen LogP contribution is -2.25. The Kier molecular flexibility index (Phi) is 7.03. The molecular weight excluding hydrogens is 253 g/mol. The van der Waals surface area contributed by atoms with Crippen LogP contribution in [0.3, 0.4) is 0 Å². The Morgan fingerprint density at radius 1 is 1.35 bits per heavy atom. The number of halogens is 1. The van der Waals surface area contributed by atoms with Gasteiger partial charge in [0, 0.05) is 11.7 Å². The van der Waals surface area contributed by atoms with Crippen molar-refractivity contribution in [2.24, 2.45) is 0 Å². The highest BCUT2D eigenvalue weighted by atomic mass is 19.1. The van der Waals surface area contributed by atoms with Gasteiger partial charge in [-0.2, -0.15) is 5.26 Å². The van der Waals surface area contributed by atoms with Gasteiger partial charge in [0.1, 0.15) is 11.9 Å². The van der Waals surface area contributed by atoms with Crippen LogP contribution in [-0.2, 0) is 0 Å². The van der Waals surface area contributed by atoms with E-state index in [0.29, 0.717) is 0 Å². The van der Waals surface area contributed by atoms with Gasteiger partial charge < -0.3 is 10.2 Å². The fraction of sp³-hybridized carbons (Fsp3) is 0.562. The quantitative estimate of drug-likeness (QED) is 0.789. The van der Waals surface area contributed by atoms with Crippen LogP contribution >= 0.6 is 0 Å². The van der Waals surface area contributed by atoms with Gasteiger partial charge in [0.2, 0.25) is 0 Å². The highest BCUT2D eigenvalue weighted by molar-refractivity contribution is 5.48. The van der Waals surface area contributed by atoms with Gasteiger partial charge in [-0.1, -0.05) is 13.8 Å². The maximum atomic E-state index is 13.5. The topological polar surface area (TPSA) is 39.1 Å². The van der Waals surface area contributed by atoms with Crippen molar-refractivity contribution in [3.8, 4) is 6.07 Å². The van der Waals surface area contributed by atoms with Crippen molar-refractivity contribution in [2.45, 2.75) is 39.7 Å². The van der Waals surface area contributed by atoms with E-state index in [2.05, 4.69) is 31.0 Å². The predicted octanol–water partition coefficient (Wildman–Crippen LogP) is 3.62. The third-order valence-corrected chi connectivity index (χ3v) is 3.51. The van der Waals surface area contributed by atoms with Crippen molar-refractivity contribution >= 4 is 5.69 Å². The van der Waals surface area contributed by atoms with Crippen molar-refractivity contribution in [3.05, 3.63) is 29.6 Å². The van der Waals surface area contributed by atoms with Gasteiger partial charge in [-0.3, -0.25) is 0 Å². The van der Waals surface area contributed by atoms with Gasteiger partial charge in [-0.15, -0.1) is 0 Å². The molecule has 110 valence electrons. The molecule has 1 atom stereocenters. The molecule has 3 nitrogen and oxygen atoms in total. The molecule has 1 aromatic carbocycles. The monoisotopic (exact) mass is 277 g/mol. The van der Waals surface area contributed by atoms with Crippen LogP contribution in [-0.4, -0.2) is 30.6 Å². The number of nitrogens with zero attached hydrogens (tertiary/aromatic N) is 2. The number of hydrogen-bond donors (Lipinski definition) is 1. The first-order chi connectivity index (χ1) is 9.60. The molecule has 0 saturated carbocycles. The van der Waals surface area contributed by atoms with Crippen LogP contribution in [0.1, 0.15) is 39.2 Å². The summed E-state index contributed by atoms with van der Waals surface area (Å²) in [5.74, 6) is -0.465. The Bertz CT molecular complexity index is 450. The van der Waals surface area contributed by atoms with Crippen LogP contribution in [0.15, 0.2) is 18.2 Å². The fourth-order valence-corrected chi connectivity index (χ4v) is 2.21. The molecule has 0 fully saturated rings.